The first-order chi connectivity index (χ1) is 10.5. The van der Waals surface area contributed by atoms with Crippen molar-refractivity contribution in [1.82, 2.24) is 9.21 Å². The summed E-state index contributed by atoms with van der Waals surface area (Å²) in [5.74, 6) is 0.623. The molecule has 3 atom stereocenters. The van der Waals surface area contributed by atoms with Crippen LogP contribution in [0.2, 0.25) is 0 Å². The SMILES string of the molecule is CN1C[C@@H]2CN(S(=O)(=O)CCCF)C[C@@H]2[C@@H]1c1ccccc1. The smallest absolute Gasteiger partial charge is 0.214 e. The van der Waals surface area contributed by atoms with Crippen LogP contribution in [0.1, 0.15) is 18.0 Å². The molecule has 0 N–H and O–H groups in total. The highest BCUT2D eigenvalue weighted by Crippen LogP contribution is 2.44. The normalized spacial score (nSPS) is 29.8. The fourth-order valence-corrected chi connectivity index (χ4v) is 5.51. The topological polar surface area (TPSA) is 40.6 Å². The molecule has 0 aliphatic carbocycles. The van der Waals surface area contributed by atoms with Gasteiger partial charge in [-0.25, -0.2) is 12.7 Å². The molecule has 0 aromatic heterocycles. The highest BCUT2D eigenvalue weighted by atomic mass is 32.2. The highest BCUT2D eigenvalue weighted by molar-refractivity contribution is 7.89. The number of hydrogen-bond acceptors (Lipinski definition) is 3. The van der Waals surface area contributed by atoms with Gasteiger partial charge in [0.25, 0.3) is 0 Å². The second-order valence-corrected chi connectivity index (χ2v) is 8.48. The lowest BCUT2D eigenvalue weighted by Gasteiger charge is -2.26. The Balaban J connectivity index is 1.77. The van der Waals surface area contributed by atoms with Crippen LogP contribution in [0, 0.1) is 11.8 Å². The Labute approximate surface area is 132 Å². The zero-order chi connectivity index (χ0) is 15.7. The van der Waals surface area contributed by atoms with Crippen LogP contribution in [-0.4, -0.2) is 56.7 Å². The summed E-state index contributed by atoms with van der Waals surface area (Å²) in [5, 5.41) is 0. The van der Waals surface area contributed by atoms with Gasteiger partial charge in [-0.15, -0.1) is 0 Å². The quantitative estimate of drug-likeness (QED) is 0.830. The van der Waals surface area contributed by atoms with E-state index in [1.807, 2.05) is 18.2 Å². The molecule has 2 fully saturated rings. The average molecular weight is 326 g/mol. The van der Waals surface area contributed by atoms with Gasteiger partial charge in [0, 0.05) is 25.7 Å². The molecule has 0 bridgehead atoms. The van der Waals surface area contributed by atoms with Gasteiger partial charge in [-0.2, -0.15) is 0 Å². The fourth-order valence-electron chi connectivity index (χ4n) is 3.96. The maximum atomic E-state index is 12.3. The predicted octanol–water partition coefficient (Wildman–Crippen LogP) is 1.91. The summed E-state index contributed by atoms with van der Waals surface area (Å²) < 4.78 is 38.5. The van der Waals surface area contributed by atoms with Crippen molar-refractivity contribution in [3.63, 3.8) is 0 Å². The summed E-state index contributed by atoms with van der Waals surface area (Å²) in [4.78, 5) is 2.33. The molecule has 22 heavy (non-hydrogen) atoms. The van der Waals surface area contributed by atoms with Gasteiger partial charge in [-0.3, -0.25) is 9.29 Å². The lowest BCUT2D eigenvalue weighted by atomic mass is 9.90. The number of hydrogen-bond donors (Lipinski definition) is 0. The number of alkyl halides is 1. The van der Waals surface area contributed by atoms with Crippen molar-refractivity contribution in [3.05, 3.63) is 35.9 Å². The Morgan fingerprint density at radius 1 is 1.18 bits per heavy atom. The van der Waals surface area contributed by atoms with Gasteiger partial charge in [0.05, 0.1) is 12.4 Å². The molecule has 3 rings (SSSR count). The zero-order valence-electron chi connectivity index (χ0n) is 12.9. The average Bonchev–Trinajstić information content (AvgIpc) is 3.03. The molecule has 2 heterocycles. The van der Waals surface area contributed by atoms with Crippen molar-refractivity contribution >= 4 is 10.0 Å². The lowest BCUT2D eigenvalue weighted by Crippen LogP contribution is -2.35. The van der Waals surface area contributed by atoms with Gasteiger partial charge in [0.2, 0.25) is 10.0 Å². The van der Waals surface area contributed by atoms with E-state index in [0.717, 1.165) is 6.54 Å². The van der Waals surface area contributed by atoms with E-state index in [1.165, 1.54) is 5.56 Å². The Hall–Kier alpha value is -0.980. The second-order valence-electron chi connectivity index (χ2n) is 6.39. The Kier molecular flexibility index (Phi) is 4.52. The Morgan fingerprint density at radius 2 is 1.91 bits per heavy atom. The third-order valence-electron chi connectivity index (χ3n) is 4.93. The number of halogens is 1. The first kappa shape index (κ1) is 15.9. The Morgan fingerprint density at radius 3 is 2.59 bits per heavy atom. The van der Waals surface area contributed by atoms with E-state index in [4.69, 9.17) is 0 Å². The minimum atomic E-state index is -3.31. The van der Waals surface area contributed by atoms with Gasteiger partial charge >= 0.3 is 0 Å². The summed E-state index contributed by atoms with van der Waals surface area (Å²) >= 11 is 0. The van der Waals surface area contributed by atoms with Crippen LogP contribution >= 0.6 is 0 Å². The molecule has 122 valence electrons. The van der Waals surface area contributed by atoms with E-state index >= 15 is 0 Å². The van der Waals surface area contributed by atoms with E-state index in [1.54, 1.807) is 4.31 Å². The molecular formula is C16H23FN2O2S. The molecule has 0 unspecified atom stereocenters. The van der Waals surface area contributed by atoms with E-state index in [9.17, 15) is 12.8 Å². The summed E-state index contributed by atoms with van der Waals surface area (Å²) in [7, 11) is -1.20. The molecule has 6 heteroatoms. The minimum Gasteiger partial charge on any atom is -0.299 e. The van der Waals surface area contributed by atoms with Gasteiger partial charge in [-0.1, -0.05) is 30.3 Å². The van der Waals surface area contributed by atoms with Crippen molar-refractivity contribution in [3.8, 4) is 0 Å². The first-order valence-electron chi connectivity index (χ1n) is 7.82. The van der Waals surface area contributed by atoms with Gasteiger partial charge in [-0.05, 0) is 30.9 Å². The van der Waals surface area contributed by atoms with Crippen molar-refractivity contribution < 1.29 is 12.8 Å². The Bertz CT molecular complexity index is 608. The van der Waals surface area contributed by atoms with Gasteiger partial charge in [0.1, 0.15) is 0 Å². The summed E-state index contributed by atoms with van der Waals surface area (Å²) in [6.45, 7) is 1.48. The number of benzene rings is 1. The van der Waals surface area contributed by atoms with E-state index in [2.05, 4.69) is 24.1 Å². The maximum Gasteiger partial charge on any atom is 0.214 e. The highest BCUT2D eigenvalue weighted by Gasteiger charge is 2.48. The molecule has 0 saturated carbocycles. The lowest BCUT2D eigenvalue weighted by molar-refractivity contribution is 0.261. The first-order valence-corrected chi connectivity index (χ1v) is 9.43. The minimum absolute atomic E-state index is 0.0746. The third kappa shape index (κ3) is 2.92. The predicted molar refractivity (Wildman–Crippen MR) is 84.7 cm³/mol. The molecule has 2 aliphatic rings. The summed E-state index contributed by atoms with van der Waals surface area (Å²) in [6, 6.07) is 10.6. The third-order valence-corrected chi connectivity index (χ3v) is 6.82. The number of sulfonamides is 1. The standard InChI is InChI=1S/C16H23FN2O2S/c1-18-10-14-11-19(22(20,21)9-5-8-17)12-15(14)16(18)13-6-3-2-4-7-13/h2-4,6-7,14-16H,5,8-12H2,1H3/t14-,15+,16+/m1/s1. The molecule has 2 saturated heterocycles. The maximum absolute atomic E-state index is 12.3. The van der Waals surface area contributed by atoms with Crippen LogP contribution in [0.5, 0.6) is 0 Å². The number of rotatable bonds is 5. The second kappa shape index (κ2) is 6.26. The number of fused-ring (bicyclic) bond motifs is 1. The van der Waals surface area contributed by atoms with Crippen molar-refractivity contribution in [2.45, 2.75) is 12.5 Å². The van der Waals surface area contributed by atoms with Crippen LogP contribution < -0.4 is 0 Å². The summed E-state index contributed by atoms with van der Waals surface area (Å²) in [5.41, 5.74) is 1.25. The number of nitrogens with zero attached hydrogens (tertiary/aromatic N) is 2. The monoisotopic (exact) mass is 326 g/mol. The van der Waals surface area contributed by atoms with Crippen LogP contribution in [0.25, 0.3) is 0 Å². The molecule has 1 aromatic carbocycles. The number of likely N-dealkylation sites (tertiary alicyclic amines) is 1. The molecule has 1 aromatic rings. The zero-order valence-corrected chi connectivity index (χ0v) is 13.7. The molecule has 0 amide bonds. The van der Waals surface area contributed by atoms with Gasteiger partial charge in [0.15, 0.2) is 0 Å². The molecule has 2 aliphatic heterocycles. The fraction of sp³-hybridized carbons (Fsp3) is 0.625. The van der Waals surface area contributed by atoms with E-state index in [-0.39, 0.29) is 18.2 Å². The van der Waals surface area contributed by atoms with Gasteiger partial charge < -0.3 is 0 Å². The molecule has 0 radical (unpaired) electrons. The molecule has 0 spiro atoms. The van der Waals surface area contributed by atoms with Crippen LogP contribution in [0.15, 0.2) is 30.3 Å². The van der Waals surface area contributed by atoms with E-state index < -0.39 is 16.7 Å². The van der Waals surface area contributed by atoms with Crippen molar-refractivity contribution in [1.29, 1.82) is 0 Å². The summed E-state index contributed by atoms with van der Waals surface area (Å²) in [6.07, 6.45) is 0.0934. The van der Waals surface area contributed by atoms with E-state index in [0.29, 0.717) is 24.9 Å². The molecular weight excluding hydrogens is 303 g/mol. The largest absolute Gasteiger partial charge is 0.299 e. The van der Waals surface area contributed by atoms with Crippen LogP contribution in [-0.2, 0) is 10.0 Å². The van der Waals surface area contributed by atoms with Crippen molar-refractivity contribution in [2.24, 2.45) is 11.8 Å². The van der Waals surface area contributed by atoms with Crippen LogP contribution in [0.4, 0.5) is 4.39 Å². The van der Waals surface area contributed by atoms with Crippen LogP contribution in [0.3, 0.4) is 0 Å². The molecule has 4 nitrogen and oxygen atoms in total. The van der Waals surface area contributed by atoms with Crippen molar-refractivity contribution in [2.75, 3.05) is 39.1 Å².